The van der Waals surface area contributed by atoms with Crippen LogP contribution in [-0.2, 0) is 19.4 Å². The monoisotopic (exact) mass is 217 g/mol. The molecule has 0 aliphatic rings. The molecule has 5 heteroatoms. The maximum Gasteiger partial charge on any atom is 0.289 e. The van der Waals surface area contributed by atoms with Crippen LogP contribution in [0.3, 0.4) is 0 Å². The zero-order valence-electron chi connectivity index (χ0n) is 9.51. The van der Waals surface area contributed by atoms with Gasteiger partial charge in [0.1, 0.15) is 11.5 Å². The van der Waals surface area contributed by atoms with E-state index in [1.165, 1.54) is 4.68 Å². The van der Waals surface area contributed by atoms with Gasteiger partial charge in [0.2, 0.25) is 0 Å². The predicted octanol–water partition coefficient (Wildman–Crippen LogP) is 2.31. The Morgan fingerprint density at radius 2 is 2.00 bits per heavy atom. The second kappa shape index (κ2) is 3.79. The van der Waals surface area contributed by atoms with E-state index in [1.807, 2.05) is 13.8 Å². The van der Waals surface area contributed by atoms with E-state index >= 15 is 0 Å². The lowest BCUT2D eigenvalue weighted by molar-refractivity contribution is 0.0112. The number of nitrogen functional groups attached to an aromatic ring is 1. The summed E-state index contributed by atoms with van der Waals surface area (Å²) < 4.78 is 27.8. The molecule has 1 rings (SSSR count). The number of hydrogen-bond donors (Lipinski definition) is 1. The quantitative estimate of drug-likeness (QED) is 0.844. The van der Waals surface area contributed by atoms with Crippen molar-refractivity contribution in [2.75, 3.05) is 5.73 Å². The first kappa shape index (κ1) is 11.9. The van der Waals surface area contributed by atoms with Crippen LogP contribution in [0.5, 0.6) is 0 Å². The highest BCUT2D eigenvalue weighted by molar-refractivity contribution is 5.45. The fourth-order valence-corrected chi connectivity index (χ4v) is 1.54. The summed E-state index contributed by atoms with van der Waals surface area (Å²) in [6.45, 7) is 4.77. The third-order valence-corrected chi connectivity index (χ3v) is 2.22. The molecular weight excluding hydrogens is 200 g/mol. The number of hydrogen-bond acceptors (Lipinski definition) is 2. The van der Waals surface area contributed by atoms with Crippen LogP contribution in [0.15, 0.2) is 0 Å². The van der Waals surface area contributed by atoms with Crippen molar-refractivity contribution in [3.05, 3.63) is 11.3 Å². The van der Waals surface area contributed by atoms with E-state index in [1.54, 1.807) is 7.05 Å². The third-order valence-electron chi connectivity index (χ3n) is 2.22. The van der Waals surface area contributed by atoms with Gasteiger partial charge in [0.05, 0.1) is 0 Å². The Hall–Kier alpha value is -1.13. The van der Waals surface area contributed by atoms with E-state index in [9.17, 15) is 8.78 Å². The molecule has 86 valence electrons. The van der Waals surface area contributed by atoms with Gasteiger partial charge in [0, 0.05) is 19.5 Å². The van der Waals surface area contributed by atoms with Crippen molar-refractivity contribution in [1.29, 1.82) is 0 Å². The fourth-order valence-electron chi connectivity index (χ4n) is 1.54. The number of nitrogens with two attached hydrogens (primary N) is 1. The second-order valence-corrected chi connectivity index (χ2v) is 4.32. The van der Waals surface area contributed by atoms with E-state index in [0.29, 0.717) is 17.8 Å². The average molecular weight is 217 g/mol. The van der Waals surface area contributed by atoms with Crippen molar-refractivity contribution >= 4 is 5.82 Å². The van der Waals surface area contributed by atoms with Crippen LogP contribution in [-0.4, -0.2) is 9.78 Å². The zero-order chi connectivity index (χ0) is 11.8. The number of anilines is 1. The smallest absolute Gasteiger partial charge is 0.289 e. The first-order valence-corrected chi connectivity index (χ1v) is 4.93. The number of aromatic nitrogens is 2. The maximum absolute atomic E-state index is 13.2. The van der Waals surface area contributed by atoms with Crippen molar-refractivity contribution in [2.24, 2.45) is 13.0 Å². The van der Waals surface area contributed by atoms with Gasteiger partial charge in [-0.2, -0.15) is 13.9 Å². The van der Waals surface area contributed by atoms with Gasteiger partial charge in [0.25, 0.3) is 5.92 Å². The molecule has 0 bridgehead atoms. The largest absolute Gasteiger partial charge is 0.384 e. The van der Waals surface area contributed by atoms with Gasteiger partial charge in [-0.05, 0) is 12.3 Å². The molecule has 0 amide bonds. The molecule has 0 radical (unpaired) electrons. The van der Waals surface area contributed by atoms with E-state index in [2.05, 4.69) is 5.10 Å². The maximum atomic E-state index is 13.2. The molecule has 0 saturated carbocycles. The number of alkyl halides is 2. The van der Waals surface area contributed by atoms with Crippen molar-refractivity contribution < 1.29 is 8.78 Å². The molecule has 0 aliphatic carbocycles. The molecule has 1 heterocycles. The van der Waals surface area contributed by atoms with Gasteiger partial charge in [-0.3, -0.25) is 4.68 Å². The Bertz CT molecular complexity index is 350. The first-order chi connectivity index (χ1) is 6.73. The Balaban J connectivity index is 3.21. The molecule has 0 unspecified atom stereocenters. The molecule has 0 saturated heterocycles. The van der Waals surface area contributed by atoms with Gasteiger partial charge >= 0.3 is 0 Å². The number of halogens is 2. The summed E-state index contributed by atoms with van der Waals surface area (Å²) in [6.07, 6.45) is 0.526. The highest BCUT2D eigenvalue weighted by Crippen LogP contribution is 2.32. The molecule has 3 nitrogen and oxygen atoms in total. The molecular formula is C10H17F2N3. The highest BCUT2D eigenvalue weighted by atomic mass is 19.3. The summed E-state index contributed by atoms with van der Waals surface area (Å²) in [6, 6.07) is 0. The lowest BCUT2D eigenvalue weighted by Crippen LogP contribution is -2.12. The molecule has 0 fully saturated rings. The Morgan fingerprint density at radius 3 is 2.40 bits per heavy atom. The van der Waals surface area contributed by atoms with Crippen molar-refractivity contribution in [2.45, 2.75) is 33.1 Å². The minimum atomic E-state index is -2.93. The predicted molar refractivity (Wildman–Crippen MR) is 55.7 cm³/mol. The van der Waals surface area contributed by atoms with Crippen LogP contribution >= 0.6 is 0 Å². The lowest BCUT2D eigenvalue weighted by Gasteiger charge is -2.11. The third kappa shape index (κ3) is 2.46. The fraction of sp³-hybridized carbons (Fsp3) is 0.700. The molecule has 0 aromatic carbocycles. The minimum Gasteiger partial charge on any atom is -0.384 e. The van der Waals surface area contributed by atoms with Crippen LogP contribution in [0.4, 0.5) is 14.6 Å². The summed E-state index contributed by atoms with van der Waals surface area (Å²) in [5, 5.41) is 3.78. The SMILES string of the molecule is CC(C)Cc1c(C(C)(F)F)nn(C)c1N. The van der Waals surface area contributed by atoms with Crippen LogP contribution in [0.25, 0.3) is 0 Å². The van der Waals surface area contributed by atoms with E-state index in [-0.39, 0.29) is 11.6 Å². The van der Waals surface area contributed by atoms with Gasteiger partial charge < -0.3 is 5.73 Å². The summed E-state index contributed by atoms with van der Waals surface area (Å²) in [4.78, 5) is 0. The van der Waals surface area contributed by atoms with Crippen LogP contribution in [0.2, 0.25) is 0 Å². The molecule has 1 aromatic rings. The number of rotatable bonds is 3. The standard InChI is InChI=1S/C10H17F2N3/c1-6(2)5-7-8(10(3,11)12)14-15(4)9(7)13/h6H,5,13H2,1-4H3. The Morgan fingerprint density at radius 1 is 1.47 bits per heavy atom. The minimum absolute atomic E-state index is 0.198. The Labute approximate surface area is 88.3 Å². The molecule has 1 aromatic heterocycles. The van der Waals surface area contributed by atoms with Crippen molar-refractivity contribution in [3.63, 3.8) is 0 Å². The van der Waals surface area contributed by atoms with E-state index in [4.69, 9.17) is 5.73 Å². The molecule has 0 atom stereocenters. The number of aryl methyl sites for hydroxylation is 1. The van der Waals surface area contributed by atoms with E-state index in [0.717, 1.165) is 6.92 Å². The van der Waals surface area contributed by atoms with Gasteiger partial charge in [-0.1, -0.05) is 13.8 Å². The van der Waals surface area contributed by atoms with Gasteiger partial charge in [-0.25, -0.2) is 0 Å². The topological polar surface area (TPSA) is 43.8 Å². The highest BCUT2D eigenvalue weighted by Gasteiger charge is 2.33. The lowest BCUT2D eigenvalue weighted by atomic mass is 10.0. The zero-order valence-corrected chi connectivity index (χ0v) is 9.51. The average Bonchev–Trinajstić information content (AvgIpc) is 2.30. The molecule has 0 aliphatic heterocycles. The van der Waals surface area contributed by atoms with Crippen LogP contribution in [0.1, 0.15) is 32.0 Å². The summed E-state index contributed by atoms with van der Waals surface area (Å²) >= 11 is 0. The Kier molecular flexibility index (Phi) is 3.02. The van der Waals surface area contributed by atoms with Crippen molar-refractivity contribution in [1.82, 2.24) is 9.78 Å². The molecule has 0 spiro atoms. The van der Waals surface area contributed by atoms with E-state index < -0.39 is 5.92 Å². The van der Waals surface area contributed by atoms with Crippen molar-refractivity contribution in [3.8, 4) is 0 Å². The van der Waals surface area contributed by atoms with Gasteiger partial charge in [0.15, 0.2) is 0 Å². The molecule has 2 N–H and O–H groups in total. The summed E-state index contributed by atoms with van der Waals surface area (Å²) in [5.41, 5.74) is 5.99. The normalized spacial score (nSPS) is 12.5. The number of nitrogens with zero attached hydrogens (tertiary/aromatic N) is 2. The first-order valence-electron chi connectivity index (χ1n) is 4.93. The summed E-state index contributed by atoms with van der Waals surface area (Å²) in [5.74, 6) is -2.32. The second-order valence-electron chi connectivity index (χ2n) is 4.32. The van der Waals surface area contributed by atoms with Crippen LogP contribution in [0, 0.1) is 5.92 Å². The molecule has 15 heavy (non-hydrogen) atoms. The van der Waals surface area contributed by atoms with Crippen LogP contribution < -0.4 is 5.73 Å². The van der Waals surface area contributed by atoms with Gasteiger partial charge in [-0.15, -0.1) is 0 Å². The summed E-state index contributed by atoms with van der Waals surface area (Å²) in [7, 11) is 1.58.